The molecule has 2 aromatic rings. The van der Waals surface area contributed by atoms with Crippen molar-refractivity contribution in [3.05, 3.63) is 53.6 Å². The molecular weight excluding hydrogens is 368 g/mol. The van der Waals surface area contributed by atoms with E-state index in [0.29, 0.717) is 18.0 Å². The van der Waals surface area contributed by atoms with Crippen LogP contribution in [0, 0.1) is 0 Å². The Hall–Kier alpha value is -3.22. The summed E-state index contributed by atoms with van der Waals surface area (Å²) < 4.78 is 5.70. The summed E-state index contributed by atoms with van der Waals surface area (Å²) in [4.78, 5) is 28.7. The van der Waals surface area contributed by atoms with Crippen molar-refractivity contribution in [2.75, 3.05) is 23.8 Å². The average Bonchev–Trinajstić information content (AvgIpc) is 2.77. The Morgan fingerprint density at radius 2 is 1.93 bits per heavy atom. The second-order valence-electron chi connectivity index (χ2n) is 7.66. The molecule has 0 unspecified atom stereocenters. The van der Waals surface area contributed by atoms with Crippen LogP contribution in [0.1, 0.15) is 36.7 Å². The lowest BCUT2D eigenvalue weighted by atomic mass is 10.1. The normalized spacial score (nSPS) is 16.2. The van der Waals surface area contributed by atoms with Gasteiger partial charge in [-0.1, -0.05) is 18.2 Å². The fraction of sp³-hybridized carbons (Fsp3) is 0.364. The molecule has 1 heterocycles. The Morgan fingerprint density at radius 3 is 2.62 bits per heavy atom. The summed E-state index contributed by atoms with van der Waals surface area (Å²) in [5, 5.41) is 2.93. The summed E-state index contributed by atoms with van der Waals surface area (Å²) in [6.07, 6.45) is -0.128. The first kappa shape index (κ1) is 20.5. The van der Waals surface area contributed by atoms with Gasteiger partial charge in [-0.2, -0.15) is 0 Å². The largest absolute Gasteiger partial charge is 0.490 e. The average molecular weight is 396 g/mol. The van der Waals surface area contributed by atoms with Crippen molar-refractivity contribution < 1.29 is 14.3 Å². The van der Waals surface area contributed by atoms with Gasteiger partial charge >= 0.3 is 6.03 Å². The molecule has 3 amide bonds. The van der Waals surface area contributed by atoms with Gasteiger partial charge in [0, 0.05) is 43.6 Å². The van der Waals surface area contributed by atoms with Crippen molar-refractivity contribution in [2.24, 2.45) is 5.73 Å². The second kappa shape index (κ2) is 8.43. The Labute approximate surface area is 171 Å². The number of urea groups is 1. The van der Waals surface area contributed by atoms with E-state index >= 15 is 0 Å². The Kier molecular flexibility index (Phi) is 5.96. The van der Waals surface area contributed by atoms with Crippen molar-refractivity contribution in [1.29, 1.82) is 0 Å². The Balaban J connectivity index is 1.83. The maximum Gasteiger partial charge on any atom is 0.322 e. The highest BCUT2D eigenvalue weighted by molar-refractivity contribution is 5.97. The van der Waals surface area contributed by atoms with E-state index in [9.17, 15) is 9.59 Å². The van der Waals surface area contributed by atoms with Gasteiger partial charge in [0.1, 0.15) is 5.75 Å². The molecule has 0 saturated heterocycles. The fourth-order valence-corrected chi connectivity index (χ4v) is 3.57. The van der Waals surface area contributed by atoms with E-state index in [1.54, 1.807) is 18.2 Å². The first-order valence-electron chi connectivity index (χ1n) is 9.73. The third-order valence-electron chi connectivity index (χ3n) is 4.94. The second-order valence-corrected chi connectivity index (χ2v) is 7.66. The molecule has 0 spiro atoms. The Bertz CT molecular complexity index is 913. The van der Waals surface area contributed by atoms with Gasteiger partial charge < -0.3 is 25.6 Å². The molecule has 2 aromatic carbocycles. The molecular formula is C22H28N4O3. The van der Waals surface area contributed by atoms with Crippen LogP contribution in [0.2, 0.25) is 0 Å². The zero-order valence-corrected chi connectivity index (χ0v) is 17.3. The van der Waals surface area contributed by atoms with Gasteiger partial charge in [0.25, 0.3) is 5.91 Å². The van der Waals surface area contributed by atoms with Crippen LogP contribution in [-0.4, -0.2) is 42.6 Å². The number of benzene rings is 2. The van der Waals surface area contributed by atoms with E-state index in [2.05, 4.69) is 16.3 Å². The third-order valence-corrected chi connectivity index (χ3v) is 4.94. The van der Waals surface area contributed by atoms with Gasteiger partial charge in [-0.15, -0.1) is 0 Å². The van der Waals surface area contributed by atoms with Crippen LogP contribution in [0.5, 0.6) is 5.75 Å². The number of carbonyl (C=O) groups excluding carboxylic acids is 2. The maximum absolute atomic E-state index is 13.1. The molecule has 0 radical (unpaired) electrons. The van der Waals surface area contributed by atoms with Crippen molar-refractivity contribution in [3.8, 4) is 5.75 Å². The van der Waals surface area contributed by atoms with E-state index in [-0.39, 0.29) is 23.7 Å². The van der Waals surface area contributed by atoms with Gasteiger partial charge in [0.15, 0.2) is 0 Å². The van der Waals surface area contributed by atoms with Gasteiger partial charge in [-0.25, -0.2) is 4.79 Å². The van der Waals surface area contributed by atoms with E-state index in [1.165, 1.54) is 0 Å². The van der Waals surface area contributed by atoms with Crippen LogP contribution in [0.4, 0.5) is 16.2 Å². The van der Waals surface area contributed by atoms with Gasteiger partial charge in [-0.3, -0.25) is 4.79 Å². The molecule has 154 valence electrons. The lowest BCUT2D eigenvalue weighted by Gasteiger charge is -2.28. The summed E-state index contributed by atoms with van der Waals surface area (Å²) in [7, 11) is 2.04. The zero-order valence-electron chi connectivity index (χ0n) is 17.3. The summed E-state index contributed by atoms with van der Waals surface area (Å²) in [5.41, 5.74) is 8.50. The van der Waals surface area contributed by atoms with Crippen LogP contribution >= 0.6 is 0 Å². The maximum atomic E-state index is 13.1. The first-order valence-corrected chi connectivity index (χ1v) is 9.73. The molecule has 3 rings (SSSR count). The molecule has 7 heteroatoms. The van der Waals surface area contributed by atoms with E-state index in [4.69, 9.17) is 10.5 Å². The smallest absolute Gasteiger partial charge is 0.322 e. The SMILES string of the molecule is CC(C)Oc1cc(NC(=O)N2Cc3ccccc3N(C)C[C@@H]2C)ccc1C(N)=O. The van der Waals surface area contributed by atoms with Crippen LogP contribution in [-0.2, 0) is 6.54 Å². The number of nitrogens with two attached hydrogens (primary N) is 1. The van der Waals surface area contributed by atoms with Crippen molar-refractivity contribution in [2.45, 2.75) is 39.5 Å². The number of primary amides is 1. The monoisotopic (exact) mass is 396 g/mol. The number of nitrogens with zero attached hydrogens (tertiary/aromatic N) is 2. The van der Waals surface area contributed by atoms with Crippen LogP contribution in [0.3, 0.4) is 0 Å². The van der Waals surface area contributed by atoms with Crippen LogP contribution in [0.25, 0.3) is 0 Å². The third kappa shape index (κ3) is 4.62. The van der Waals surface area contributed by atoms with Crippen LogP contribution < -0.4 is 20.7 Å². The number of amides is 3. The number of fused-ring (bicyclic) bond motifs is 1. The number of anilines is 2. The number of likely N-dealkylation sites (N-methyl/N-ethyl adjacent to an activating group) is 1. The van der Waals surface area contributed by atoms with Crippen molar-refractivity contribution in [1.82, 2.24) is 4.90 Å². The van der Waals surface area contributed by atoms with E-state index in [1.807, 2.05) is 50.9 Å². The highest BCUT2D eigenvalue weighted by atomic mass is 16.5. The summed E-state index contributed by atoms with van der Waals surface area (Å²) >= 11 is 0. The number of rotatable bonds is 4. The lowest BCUT2D eigenvalue weighted by Crippen LogP contribution is -2.44. The minimum Gasteiger partial charge on any atom is -0.490 e. The number of hydrogen-bond donors (Lipinski definition) is 2. The molecule has 1 atom stereocenters. The highest BCUT2D eigenvalue weighted by Gasteiger charge is 2.27. The summed E-state index contributed by atoms with van der Waals surface area (Å²) in [6.45, 7) is 7.01. The van der Waals surface area contributed by atoms with Gasteiger partial charge in [0.05, 0.1) is 11.7 Å². The number of hydrogen-bond acceptors (Lipinski definition) is 4. The molecule has 7 nitrogen and oxygen atoms in total. The quantitative estimate of drug-likeness (QED) is 0.829. The topological polar surface area (TPSA) is 87.9 Å². The molecule has 1 aliphatic rings. The molecule has 3 N–H and O–H groups in total. The molecule has 1 aliphatic heterocycles. The lowest BCUT2D eigenvalue weighted by molar-refractivity contribution is 0.0994. The zero-order chi connectivity index (χ0) is 21.1. The van der Waals surface area contributed by atoms with Gasteiger partial charge in [-0.05, 0) is 44.5 Å². The van der Waals surface area contributed by atoms with Crippen molar-refractivity contribution in [3.63, 3.8) is 0 Å². The number of para-hydroxylation sites is 1. The molecule has 0 aliphatic carbocycles. The Morgan fingerprint density at radius 1 is 1.21 bits per heavy atom. The standard InChI is InChI=1S/C22H28N4O3/c1-14(2)29-20-11-17(9-10-18(20)21(23)27)24-22(28)26-13-16-7-5-6-8-19(16)25(4)12-15(26)3/h5-11,14-15H,12-13H2,1-4H3,(H2,23,27)(H,24,28)/t15-/m0/s1. The van der Waals surface area contributed by atoms with Gasteiger partial charge in [0.2, 0.25) is 0 Å². The number of ether oxygens (including phenoxy) is 1. The fourth-order valence-electron chi connectivity index (χ4n) is 3.57. The summed E-state index contributed by atoms with van der Waals surface area (Å²) in [6, 6.07) is 12.8. The van der Waals surface area contributed by atoms with Crippen molar-refractivity contribution >= 4 is 23.3 Å². The van der Waals surface area contributed by atoms with Crippen LogP contribution in [0.15, 0.2) is 42.5 Å². The first-order chi connectivity index (χ1) is 13.8. The van der Waals surface area contributed by atoms with E-state index in [0.717, 1.165) is 17.8 Å². The molecule has 0 bridgehead atoms. The minimum absolute atomic E-state index is 0.0173. The van der Waals surface area contributed by atoms with E-state index < -0.39 is 5.91 Å². The molecule has 0 saturated carbocycles. The molecule has 29 heavy (non-hydrogen) atoms. The minimum atomic E-state index is -0.570. The summed E-state index contributed by atoms with van der Waals surface area (Å²) in [5.74, 6) is -0.210. The molecule has 0 aromatic heterocycles. The number of carbonyl (C=O) groups is 2. The predicted molar refractivity (Wildman–Crippen MR) is 114 cm³/mol. The highest BCUT2D eigenvalue weighted by Crippen LogP contribution is 2.28. The molecule has 0 fully saturated rings. The number of nitrogens with one attached hydrogen (secondary N) is 1. The predicted octanol–water partition coefficient (Wildman–Crippen LogP) is 3.45.